The number of carboxylic acid groups (broad SMARTS) is 1. The second-order valence-electron chi connectivity index (χ2n) is 5.36. The number of hydrogen-bond donors (Lipinski definition) is 2. The first kappa shape index (κ1) is 19.0. The van der Waals surface area contributed by atoms with Gasteiger partial charge in [-0.25, -0.2) is 9.78 Å². The number of aryl methyl sites for hydroxylation is 1. The number of ether oxygens (including phenoxy) is 1. The standard InChI is InChI=1S/C17H19ClN2O5/c1-24-9-8-13(17(22)23)20-15(21)6-7-16-19-10-14(25-16)11-2-4-12(18)5-3-11/h2-5,10,13H,6-9H2,1H3,(H,20,21)(H,22,23). The zero-order valence-corrected chi connectivity index (χ0v) is 14.5. The van der Waals surface area contributed by atoms with Crippen LogP contribution in [0.25, 0.3) is 11.3 Å². The number of amides is 1. The zero-order chi connectivity index (χ0) is 18.2. The molecule has 1 aromatic carbocycles. The molecule has 0 saturated heterocycles. The van der Waals surface area contributed by atoms with Gasteiger partial charge in [-0.3, -0.25) is 4.79 Å². The number of carboxylic acids is 1. The summed E-state index contributed by atoms with van der Waals surface area (Å²) in [6.07, 6.45) is 2.14. The van der Waals surface area contributed by atoms with Crippen molar-refractivity contribution in [3.63, 3.8) is 0 Å². The largest absolute Gasteiger partial charge is 0.480 e. The van der Waals surface area contributed by atoms with Crippen molar-refractivity contribution in [2.45, 2.75) is 25.3 Å². The van der Waals surface area contributed by atoms with E-state index in [1.54, 1.807) is 18.3 Å². The number of halogens is 1. The molecule has 0 spiro atoms. The Balaban J connectivity index is 1.87. The van der Waals surface area contributed by atoms with Gasteiger partial charge in [0.25, 0.3) is 0 Å². The van der Waals surface area contributed by atoms with E-state index in [0.29, 0.717) is 16.7 Å². The van der Waals surface area contributed by atoms with E-state index in [1.165, 1.54) is 7.11 Å². The van der Waals surface area contributed by atoms with Crippen LogP contribution < -0.4 is 5.32 Å². The number of rotatable bonds is 9. The molecule has 1 aromatic heterocycles. The fourth-order valence-corrected chi connectivity index (χ4v) is 2.28. The molecule has 2 rings (SSSR count). The topological polar surface area (TPSA) is 102 Å². The van der Waals surface area contributed by atoms with Gasteiger partial charge >= 0.3 is 5.97 Å². The van der Waals surface area contributed by atoms with Crippen LogP contribution in [0.4, 0.5) is 0 Å². The predicted molar refractivity (Wildman–Crippen MR) is 91.3 cm³/mol. The van der Waals surface area contributed by atoms with E-state index in [0.717, 1.165) is 5.56 Å². The van der Waals surface area contributed by atoms with Crippen molar-refractivity contribution < 1.29 is 23.8 Å². The Labute approximate surface area is 150 Å². The van der Waals surface area contributed by atoms with E-state index in [-0.39, 0.29) is 31.8 Å². The van der Waals surface area contributed by atoms with Crippen LogP contribution in [0.3, 0.4) is 0 Å². The number of methoxy groups -OCH3 is 1. The average molecular weight is 367 g/mol. The van der Waals surface area contributed by atoms with E-state index >= 15 is 0 Å². The first-order valence-electron chi connectivity index (χ1n) is 7.71. The molecule has 0 aliphatic carbocycles. The molecule has 0 bridgehead atoms. The summed E-state index contributed by atoms with van der Waals surface area (Å²) >= 11 is 5.84. The van der Waals surface area contributed by atoms with Gasteiger partial charge in [0.1, 0.15) is 6.04 Å². The summed E-state index contributed by atoms with van der Waals surface area (Å²) in [7, 11) is 1.47. The van der Waals surface area contributed by atoms with Crippen molar-refractivity contribution >= 4 is 23.5 Å². The SMILES string of the molecule is COCCC(NC(=O)CCc1ncc(-c2ccc(Cl)cc2)o1)C(=O)O. The Morgan fingerprint density at radius 2 is 2.08 bits per heavy atom. The highest BCUT2D eigenvalue weighted by Crippen LogP contribution is 2.22. The van der Waals surface area contributed by atoms with Crippen LogP contribution in [0.2, 0.25) is 5.02 Å². The number of oxazole rings is 1. The van der Waals surface area contributed by atoms with E-state index < -0.39 is 12.0 Å². The molecule has 8 heteroatoms. The third kappa shape index (κ3) is 5.88. The van der Waals surface area contributed by atoms with Gasteiger partial charge in [0.15, 0.2) is 11.7 Å². The highest BCUT2D eigenvalue weighted by atomic mass is 35.5. The highest BCUT2D eigenvalue weighted by molar-refractivity contribution is 6.30. The average Bonchev–Trinajstić information content (AvgIpc) is 3.06. The van der Waals surface area contributed by atoms with Crippen molar-refractivity contribution in [2.75, 3.05) is 13.7 Å². The summed E-state index contributed by atoms with van der Waals surface area (Å²) < 4.78 is 10.4. The molecular weight excluding hydrogens is 348 g/mol. The molecule has 7 nitrogen and oxygen atoms in total. The zero-order valence-electron chi connectivity index (χ0n) is 13.7. The summed E-state index contributed by atoms with van der Waals surface area (Å²) in [5.74, 6) is -0.485. The van der Waals surface area contributed by atoms with Crippen molar-refractivity contribution in [1.29, 1.82) is 0 Å². The fraction of sp³-hybridized carbons (Fsp3) is 0.353. The van der Waals surface area contributed by atoms with Crippen LogP contribution in [0, 0.1) is 0 Å². The third-order valence-corrected chi connectivity index (χ3v) is 3.74. The number of benzene rings is 1. The summed E-state index contributed by atoms with van der Waals surface area (Å²) in [6.45, 7) is 0.251. The number of carbonyl (C=O) groups is 2. The molecule has 1 heterocycles. The van der Waals surface area contributed by atoms with Crippen LogP contribution in [-0.2, 0) is 20.7 Å². The quantitative estimate of drug-likeness (QED) is 0.707. The minimum atomic E-state index is -1.09. The monoisotopic (exact) mass is 366 g/mol. The van der Waals surface area contributed by atoms with E-state index in [1.807, 2.05) is 12.1 Å². The molecule has 1 amide bonds. The van der Waals surface area contributed by atoms with E-state index in [4.69, 9.17) is 25.9 Å². The second kappa shape index (κ2) is 9.19. The molecule has 0 aliphatic rings. The van der Waals surface area contributed by atoms with Crippen LogP contribution in [0.15, 0.2) is 34.9 Å². The van der Waals surface area contributed by atoms with Crippen molar-refractivity contribution in [2.24, 2.45) is 0 Å². The van der Waals surface area contributed by atoms with Crippen LogP contribution in [-0.4, -0.2) is 41.7 Å². The Kier molecular flexibility index (Phi) is 6.97. The first-order chi connectivity index (χ1) is 12.0. The predicted octanol–water partition coefficient (Wildman–Crippen LogP) is 2.53. The Morgan fingerprint density at radius 3 is 2.72 bits per heavy atom. The molecule has 0 radical (unpaired) electrons. The fourth-order valence-electron chi connectivity index (χ4n) is 2.15. The Hall–Kier alpha value is -2.38. The molecule has 0 saturated carbocycles. The molecule has 0 fully saturated rings. The number of hydrogen-bond acceptors (Lipinski definition) is 5. The van der Waals surface area contributed by atoms with Gasteiger partial charge in [-0.15, -0.1) is 0 Å². The molecule has 25 heavy (non-hydrogen) atoms. The molecular formula is C17H19ClN2O5. The molecule has 134 valence electrons. The van der Waals surface area contributed by atoms with E-state index in [9.17, 15) is 9.59 Å². The van der Waals surface area contributed by atoms with Crippen molar-refractivity contribution in [3.05, 3.63) is 41.4 Å². The lowest BCUT2D eigenvalue weighted by atomic mass is 10.2. The lowest BCUT2D eigenvalue weighted by Crippen LogP contribution is -2.41. The number of aliphatic carboxylic acids is 1. The first-order valence-corrected chi connectivity index (χ1v) is 8.09. The minimum absolute atomic E-state index is 0.0807. The Bertz CT molecular complexity index is 714. The van der Waals surface area contributed by atoms with Crippen molar-refractivity contribution in [1.82, 2.24) is 10.3 Å². The number of nitrogens with zero attached hydrogens (tertiary/aromatic N) is 1. The number of carbonyl (C=O) groups excluding carboxylic acids is 1. The lowest BCUT2D eigenvalue weighted by Gasteiger charge is -2.13. The van der Waals surface area contributed by atoms with Gasteiger partial charge in [-0.05, 0) is 24.3 Å². The van der Waals surface area contributed by atoms with Gasteiger partial charge in [0, 0.05) is 43.6 Å². The summed E-state index contributed by atoms with van der Waals surface area (Å²) in [4.78, 5) is 27.1. The van der Waals surface area contributed by atoms with Crippen molar-refractivity contribution in [3.8, 4) is 11.3 Å². The van der Waals surface area contributed by atoms with Crippen LogP contribution in [0.1, 0.15) is 18.7 Å². The van der Waals surface area contributed by atoms with Crippen LogP contribution in [0.5, 0.6) is 0 Å². The van der Waals surface area contributed by atoms with Gasteiger partial charge < -0.3 is 19.6 Å². The number of aromatic nitrogens is 1. The molecule has 2 N–H and O–H groups in total. The minimum Gasteiger partial charge on any atom is -0.480 e. The van der Waals surface area contributed by atoms with E-state index in [2.05, 4.69) is 10.3 Å². The maximum absolute atomic E-state index is 11.9. The maximum atomic E-state index is 11.9. The van der Waals surface area contributed by atoms with Gasteiger partial charge in [-0.2, -0.15) is 0 Å². The van der Waals surface area contributed by atoms with Crippen LogP contribution >= 0.6 is 11.6 Å². The Morgan fingerprint density at radius 1 is 1.36 bits per heavy atom. The molecule has 1 unspecified atom stereocenters. The smallest absolute Gasteiger partial charge is 0.326 e. The highest BCUT2D eigenvalue weighted by Gasteiger charge is 2.19. The summed E-state index contributed by atoms with van der Waals surface area (Å²) in [5.41, 5.74) is 0.832. The van der Waals surface area contributed by atoms with Gasteiger partial charge in [-0.1, -0.05) is 11.6 Å². The van der Waals surface area contributed by atoms with Gasteiger partial charge in [0.2, 0.25) is 5.91 Å². The molecule has 0 aliphatic heterocycles. The normalized spacial score (nSPS) is 11.9. The molecule has 1 atom stereocenters. The molecule has 2 aromatic rings. The van der Waals surface area contributed by atoms with Gasteiger partial charge in [0.05, 0.1) is 6.20 Å². The summed E-state index contributed by atoms with van der Waals surface area (Å²) in [6, 6.07) is 6.15. The summed E-state index contributed by atoms with van der Waals surface area (Å²) in [5, 5.41) is 12.2. The maximum Gasteiger partial charge on any atom is 0.326 e. The third-order valence-electron chi connectivity index (χ3n) is 3.49. The lowest BCUT2D eigenvalue weighted by molar-refractivity contribution is -0.142. The second-order valence-corrected chi connectivity index (χ2v) is 5.80. The number of nitrogens with one attached hydrogen (secondary N) is 1.